The van der Waals surface area contributed by atoms with E-state index in [4.69, 9.17) is 9.47 Å². The van der Waals surface area contributed by atoms with Crippen LogP contribution in [0, 0.1) is 0 Å². The van der Waals surface area contributed by atoms with E-state index in [0.717, 1.165) is 16.3 Å². The van der Waals surface area contributed by atoms with Gasteiger partial charge in [0.15, 0.2) is 0 Å². The van der Waals surface area contributed by atoms with Gasteiger partial charge in [-0.1, -0.05) is 42.5 Å². The van der Waals surface area contributed by atoms with Crippen LogP contribution in [0.3, 0.4) is 0 Å². The van der Waals surface area contributed by atoms with Crippen LogP contribution in [0.25, 0.3) is 10.8 Å². The van der Waals surface area contributed by atoms with Gasteiger partial charge in [-0.15, -0.1) is 0 Å². The first-order valence-corrected chi connectivity index (χ1v) is 11.1. The summed E-state index contributed by atoms with van der Waals surface area (Å²) in [6.45, 7) is 5.08. The number of fused-ring (bicyclic) bond motifs is 1. The molecule has 3 rings (SSSR count). The van der Waals surface area contributed by atoms with E-state index in [9.17, 15) is 19.5 Å². The fourth-order valence-electron chi connectivity index (χ4n) is 3.27. The molecule has 9 heteroatoms. The Bertz CT molecular complexity index is 1180. The highest BCUT2D eigenvalue weighted by Gasteiger charge is 2.24. The number of carbonyl (C=O) groups is 3. The standard InChI is InChI=1S/C26H29N3O6/c1-26(2,3)35-25(33)29-22(24(31)32)15-28-23(30)13-19-11-12-20(14-27-19)34-16-18-9-6-8-17-7-4-5-10-21(17)18/h4-12,14,22H,13,15-16H2,1-3H3,(H,28,30)(H,29,33)(H,31,32)/t22-/m0/s1. The summed E-state index contributed by atoms with van der Waals surface area (Å²) >= 11 is 0. The van der Waals surface area contributed by atoms with E-state index in [1.165, 1.54) is 6.20 Å². The summed E-state index contributed by atoms with van der Waals surface area (Å²) < 4.78 is 10.9. The lowest BCUT2D eigenvalue weighted by Crippen LogP contribution is -2.49. The summed E-state index contributed by atoms with van der Waals surface area (Å²) in [6, 6.07) is 16.2. The highest BCUT2D eigenvalue weighted by atomic mass is 16.6. The van der Waals surface area contributed by atoms with Crippen molar-refractivity contribution in [1.82, 2.24) is 15.6 Å². The number of hydrogen-bond acceptors (Lipinski definition) is 6. The molecule has 0 spiro atoms. The molecule has 9 nitrogen and oxygen atoms in total. The van der Waals surface area contributed by atoms with E-state index in [0.29, 0.717) is 18.1 Å². The SMILES string of the molecule is CC(C)(C)OC(=O)N[C@@H](CNC(=O)Cc1ccc(OCc2cccc3ccccc23)cn1)C(=O)O. The summed E-state index contributed by atoms with van der Waals surface area (Å²) in [5.74, 6) is -1.16. The number of rotatable bonds is 9. The molecule has 0 unspecified atom stereocenters. The number of benzene rings is 2. The van der Waals surface area contributed by atoms with Gasteiger partial charge in [-0.25, -0.2) is 9.59 Å². The van der Waals surface area contributed by atoms with Crippen molar-refractivity contribution in [1.29, 1.82) is 0 Å². The molecule has 0 bridgehead atoms. The number of alkyl carbamates (subject to hydrolysis) is 1. The molecule has 184 valence electrons. The Hall–Kier alpha value is -4.14. The normalized spacial score (nSPS) is 12.0. The van der Waals surface area contributed by atoms with Crippen molar-refractivity contribution in [2.45, 2.75) is 45.4 Å². The van der Waals surface area contributed by atoms with Gasteiger partial charge in [-0.3, -0.25) is 9.78 Å². The van der Waals surface area contributed by atoms with Crippen LogP contribution in [-0.2, 0) is 27.4 Å². The smallest absolute Gasteiger partial charge is 0.408 e. The minimum absolute atomic E-state index is 0.0532. The Morgan fingerprint density at radius 3 is 2.46 bits per heavy atom. The van der Waals surface area contributed by atoms with Crippen molar-refractivity contribution in [2.24, 2.45) is 0 Å². The van der Waals surface area contributed by atoms with Gasteiger partial charge >= 0.3 is 12.1 Å². The average molecular weight is 480 g/mol. The lowest BCUT2D eigenvalue weighted by atomic mass is 10.1. The average Bonchev–Trinajstić information content (AvgIpc) is 2.80. The number of carboxylic acid groups (broad SMARTS) is 1. The maximum Gasteiger partial charge on any atom is 0.408 e. The number of ether oxygens (including phenoxy) is 2. The van der Waals surface area contributed by atoms with Crippen molar-refractivity contribution in [3.63, 3.8) is 0 Å². The molecule has 2 amide bonds. The summed E-state index contributed by atoms with van der Waals surface area (Å²) in [5.41, 5.74) is 0.777. The topological polar surface area (TPSA) is 127 Å². The summed E-state index contributed by atoms with van der Waals surface area (Å²) in [6.07, 6.45) is 0.611. The van der Waals surface area contributed by atoms with Crippen molar-refractivity contribution in [3.05, 3.63) is 72.1 Å². The second kappa shape index (κ2) is 11.3. The molecular weight excluding hydrogens is 450 g/mol. The second-order valence-corrected chi connectivity index (χ2v) is 8.93. The number of carbonyl (C=O) groups excluding carboxylic acids is 2. The zero-order valence-electron chi connectivity index (χ0n) is 19.9. The molecule has 0 saturated heterocycles. The Labute approximate surface area is 203 Å². The summed E-state index contributed by atoms with van der Waals surface area (Å²) in [7, 11) is 0. The van der Waals surface area contributed by atoms with Gasteiger partial charge in [0, 0.05) is 12.2 Å². The maximum atomic E-state index is 12.3. The van der Waals surface area contributed by atoms with E-state index in [-0.39, 0.29) is 13.0 Å². The van der Waals surface area contributed by atoms with E-state index in [1.54, 1.807) is 32.9 Å². The van der Waals surface area contributed by atoms with Gasteiger partial charge in [-0.05, 0) is 49.2 Å². The Kier molecular flexibility index (Phi) is 8.25. The van der Waals surface area contributed by atoms with Gasteiger partial charge < -0.3 is 25.2 Å². The van der Waals surface area contributed by atoms with Crippen LogP contribution in [0.4, 0.5) is 4.79 Å². The van der Waals surface area contributed by atoms with Gasteiger partial charge in [-0.2, -0.15) is 0 Å². The molecule has 3 aromatic rings. The molecule has 1 heterocycles. The fourth-order valence-corrected chi connectivity index (χ4v) is 3.27. The molecular formula is C26H29N3O6. The van der Waals surface area contributed by atoms with E-state index in [1.807, 2.05) is 42.5 Å². The third-order valence-corrected chi connectivity index (χ3v) is 4.91. The Balaban J connectivity index is 1.49. The quantitative estimate of drug-likeness (QED) is 0.429. The van der Waals surface area contributed by atoms with Crippen molar-refractivity contribution >= 4 is 28.7 Å². The van der Waals surface area contributed by atoms with Crippen LogP contribution in [0.5, 0.6) is 5.75 Å². The molecule has 1 aromatic heterocycles. The molecule has 0 aliphatic rings. The monoisotopic (exact) mass is 479 g/mol. The zero-order valence-corrected chi connectivity index (χ0v) is 19.9. The number of nitrogens with one attached hydrogen (secondary N) is 2. The first-order chi connectivity index (χ1) is 16.6. The van der Waals surface area contributed by atoms with Crippen LogP contribution in [0.2, 0.25) is 0 Å². The molecule has 0 aliphatic carbocycles. The molecule has 1 atom stereocenters. The third-order valence-electron chi connectivity index (χ3n) is 4.91. The van der Waals surface area contributed by atoms with E-state index < -0.39 is 29.6 Å². The number of hydrogen-bond donors (Lipinski definition) is 3. The molecule has 35 heavy (non-hydrogen) atoms. The first-order valence-electron chi connectivity index (χ1n) is 11.1. The van der Waals surface area contributed by atoms with Gasteiger partial charge in [0.25, 0.3) is 0 Å². The van der Waals surface area contributed by atoms with Crippen molar-refractivity contribution in [2.75, 3.05) is 6.54 Å². The molecule has 0 radical (unpaired) electrons. The van der Waals surface area contributed by atoms with Crippen LogP contribution in [0.1, 0.15) is 32.0 Å². The highest BCUT2D eigenvalue weighted by Crippen LogP contribution is 2.20. The summed E-state index contributed by atoms with van der Waals surface area (Å²) in [5, 5.41) is 16.3. The largest absolute Gasteiger partial charge is 0.487 e. The zero-order chi connectivity index (χ0) is 25.4. The minimum Gasteiger partial charge on any atom is -0.487 e. The Morgan fingerprint density at radius 1 is 1.03 bits per heavy atom. The fraction of sp³-hybridized carbons (Fsp3) is 0.308. The number of pyridine rings is 1. The third kappa shape index (κ3) is 7.99. The van der Waals surface area contributed by atoms with Gasteiger partial charge in [0.05, 0.1) is 12.6 Å². The van der Waals surface area contributed by atoms with Crippen LogP contribution in [-0.4, -0.2) is 46.2 Å². The van der Waals surface area contributed by atoms with Gasteiger partial charge in [0.2, 0.25) is 5.91 Å². The Morgan fingerprint density at radius 2 is 1.77 bits per heavy atom. The molecule has 0 fully saturated rings. The lowest BCUT2D eigenvalue weighted by Gasteiger charge is -2.22. The molecule has 0 aliphatic heterocycles. The number of nitrogens with zero attached hydrogens (tertiary/aromatic N) is 1. The highest BCUT2D eigenvalue weighted by molar-refractivity contribution is 5.85. The minimum atomic E-state index is -1.33. The number of carboxylic acids is 1. The van der Waals surface area contributed by atoms with Gasteiger partial charge in [0.1, 0.15) is 24.0 Å². The molecule has 0 saturated carbocycles. The number of aromatic nitrogens is 1. The lowest BCUT2D eigenvalue weighted by molar-refractivity contribution is -0.139. The predicted octanol–water partition coefficient (Wildman–Crippen LogP) is 3.45. The summed E-state index contributed by atoms with van der Waals surface area (Å²) in [4.78, 5) is 39.7. The van der Waals surface area contributed by atoms with E-state index >= 15 is 0 Å². The number of aliphatic carboxylic acids is 1. The first kappa shape index (κ1) is 25.5. The predicted molar refractivity (Wildman–Crippen MR) is 130 cm³/mol. The molecule has 3 N–H and O–H groups in total. The number of amides is 2. The van der Waals surface area contributed by atoms with Crippen molar-refractivity contribution in [3.8, 4) is 5.75 Å². The van der Waals surface area contributed by atoms with Crippen LogP contribution in [0.15, 0.2) is 60.8 Å². The van der Waals surface area contributed by atoms with Crippen LogP contribution >= 0.6 is 0 Å². The second-order valence-electron chi connectivity index (χ2n) is 8.93. The van der Waals surface area contributed by atoms with Crippen molar-refractivity contribution < 1.29 is 29.0 Å². The van der Waals surface area contributed by atoms with E-state index in [2.05, 4.69) is 15.6 Å². The maximum absolute atomic E-state index is 12.3. The molecule has 2 aromatic carbocycles. The van der Waals surface area contributed by atoms with Crippen LogP contribution < -0.4 is 15.4 Å².